The minimum atomic E-state index is -0.171. The van der Waals surface area contributed by atoms with Crippen LogP contribution in [0.2, 0.25) is 0 Å². The van der Waals surface area contributed by atoms with E-state index in [2.05, 4.69) is 20.4 Å². The van der Waals surface area contributed by atoms with Crippen LogP contribution in [0.4, 0.5) is 10.5 Å². The fraction of sp³-hybridized carbons (Fsp3) is 0.583. The maximum absolute atomic E-state index is 12.8. The third-order valence-electron chi connectivity index (χ3n) is 9.41. The average molecular weight is 619 g/mol. The van der Waals surface area contributed by atoms with E-state index in [-0.39, 0.29) is 23.9 Å². The van der Waals surface area contributed by atoms with Crippen LogP contribution in [0.5, 0.6) is 0 Å². The standard InChI is InChI=1S/C36H54N6O3/c1-4-42(5-2)35(44)30-16-13-23-41(28-30)22-12-11-19-34(43)39(3)26-27-40-24-20-31(21-25-40)37-36(45)38-33-18-10-9-17-32(33)29-14-7-6-8-15-29/h6-10,14-15,17-18,30-31H,4-5,11-13,16,19-28H2,1-3H3,(H2,37,38,45)/t30-/m1/s1. The number of urea groups is 1. The monoisotopic (exact) mass is 618 g/mol. The molecule has 2 aromatic rings. The zero-order valence-corrected chi connectivity index (χ0v) is 27.7. The van der Waals surface area contributed by atoms with Gasteiger partial charge in [-0.2, -0.15) is 0 Å². The summed E-state index contributed by atoms with van der Waals surface area (Å²) in [5, 5.41) is 6.20. The Morgan fingerprint density at radius 2 is 1.56 bits per heavy atom. The lowest BCUT2D eigenvalue weighted by atomic mass is 9.96. The summed E-state index contributed by atoms with van der Waals surface area (Å²) in [5.74, 6) is 0.618. The molecule has 45 heavy (non-hydrogen) atoms. The second-order valence-corrected chi connectivity index (χ2v) is 12.5. The maximum atomic E-state index is 12.8. The van der Waals surface area contributed by atoms with Crippen molar-refractivity contribution in [3.63, 3.8) is 0 Å². The lowest BCUT2D eigenvalue weighted by molar-refractivity contribution is -0.137. The first-order valence-corrected chi connectivity index (χ1v) is 17.1. The summed E-state index contributed by atoms with van der Waals surface area (Å²) in [4.78, 5) is 47.0. The van der Waals surface area contributed by atoms with Gasteiger partial charge in [-0.15, -0.1) is 0 Å². The van der Waals surface area contributed by atoms with Gasteiger partial charge in [-0.05, 0) is 77.1 Å². The first kappa shape index (κ1) is 34.4. The number of nitrogens with zero attached hydrogens (tertiary/aromatic N) is 4. The Morgan fingerprint density at radius 3 is 2.29 bits per heavy atom. The summed E-state index contributed by atoms with van der Waals surface area (Å²) in [6, 6.07) is 17.9. The second-order valence-electron chi connectivity index (χ2n) is 12.5. The van der Waals surface area contributed by atoms with Crippen LogP contribution in [0, 0.1) is 5.92 Å². The summed E-state index contributed by atoms with van der Waals surface area (Å²) in [5.41, 5.74) is 2.87. The molecule has 246 valence electrons. The van der Waals surface area contributed by atoms with Gasteiger partial charge in [-0.3, -0.25) is 9.59 Å². The van der Waals surface area contributed by atoms with Crippen molar-refractivity contribution in [3.8, 4) is 11.1 Å². The molecule has 1 atom stereocenters. The molecule has 2 aliphatic rings. The predicted octanol–water partition coefficient (Wildman–Crippen LogP) is 5.15. The number of amides is 4. The largest absolute Gasteiger partial charge is 0.344 e. The molecule has 2 saturated heterocycles. The van der Waals surface area contributed by atoms with Gasteiger partial charge in [0.05, 0.1) is 11.6 Å². The van der Waals surface area contributed by atoms with E-state index in [0.717, 1.165) is 114 Å². The van der Waals surface area contributed by atoms with Crippen LogP contribution in [0.1, 0.15) is 58.8 Å². The summed E-state index contributed by atoms with van der Waals surface area (Å²) in [7, 11) is 1.91. The first-order chi connectivity index (χ1) is 21.9. The van der Waals surface area contributed by atoms with Gasteiger partial charge in [-0.1, -0.05) is 48.5 Å². The third kappa shape index (κ3) is 10.6. The minimum Gasteiger partial charge on any atom is -0.344 e. The highest BCUT2D eigenvalue weighted by Gasteiger charge is 2.28. The minimum absolute atomic E-state index is 0.117. The Kier molecular flexibility index (Phi) is 13.7. The lowest BCUT2D eigenvalue weighted by Gasteiger charge is -2.34. The van der Waals surface area contributed by atoms with Crippen LogP contribution in [0.25, 0.3) is 11.1 Å². The summed E-state index contributed by atoms with van der Waals surface area (Å²) < 4.78 is 0. The van der Waals surface area contributed by atoms with Crippen LogP contribution >= 0.6 is 0 Å². The number of nitrogens with one attached hydrogen (secondary N) is 2. The van der Waals surface area contributed by atoms with Crippen LogP contribution < -0.4 is 10.6 Å². The highest BCUT2D eigenvalue weighted by molar-refractivity contribution is 5.94. The number of unbranched alkanes of at least 4 members (excludes halogenated alkanes) is 1. The zero-order chi connectivity index (χ0) is 32.0. The molecule has 2 heterocycles. The molecule has 2 aliphatic heterocycles. The summed E-state index contributed by atoms with van der Waals surface area (Å²) >= 11 is 0. The number of piperidine rings is 2. The van der Waals surface area contributed by atoms with E-state index in [1.54, 1.807) is 0 Å². The number of carbonyl (C=O) groups is 3. The van der Waals surface area contributed by atoms with Gasteiger partial charge >= 0.3 is 6.03 Å². The van der Waals surface area contributed by atoms with Crippen LogP contribution in [0.15, 0.2) is 54.6 Å². The molecule has 0 spiro atoms. The molecule has 4 rings (SSSR count). The number of hydrogen-bond acceptors (Lipinski definition) is 5. The number of rotatable bonds is 14. The third-order valence-corrected chi connectivity index (χ3v) is 9.41. The van der Waals surface area contributed by atoms with E-state index < -0.39 is 0 Å². The lowest BCUT2D eigenvalue weighted by Crippen LogP contribution is -2.47. The van der Waals surface area contributed by atoms with Gasteiger partial charge < -0.3 is 30.2 Å². The number of likely N-dealkylation sites (N-methyl/N-ethyl adjacent to an activating group) is 1. The van der Waals surface area contributed by atoms with E-state index in [1.807, 2.05) is 85.3 Å². The molecular formula is C36H54N6O3. The van der Waals surface area contributed by atoms with Gasteiger partial charge in [0.15, 0.2) is 0 Å². The number of anilines is 1. The molecule has 2 fully saturated rings. The van der Waals surface area contributed by atoms with Crippen molar-refractivity contribution in [3.05, 3.63) is 54.6 Å². The topological polar surface area (TPSA) is 88.2 Å². The summed E-state index contributed by atoms with van der Waals surface area (Å²) in [6.07, 6.45) is 6.28. The van der Waals surface area contributed by atoms with Crippen molar-refractivity contribution < 1.29 is 14.4 Å². The maximum Gasteiger partial charge on any atom is 0.319 e. The number of para-hydroxylation sites is 1. The SMILES string of the molecule is CCN(CC)C(=O)[C@@H]1CCCN(CCCCC(=O)N(C)CCN2CCC(NC(=O)Nc3ccccc3-c3ccccc3)CC2)C1. The van der Waals surface area contributed by atoms with Crippen molar-refractivity contribution in [1.82, 2.24) is 24.9 Å². The second kappa shape index (κ2) is 17.9. The van der Waals surface area contributed by atoms with Crippen LogP contribution in [-0.4, -0.2) is 109 Å². The molecule has 0 unspecified atom stereocenters. The van der Waals surface area contributed by atoms with Gasteiger partial charge in [0, 0.05) is 70.9 Å². The molecular weight excluding hydrogens is 564 g/mol. The number of carbonyl (C=O) groups excluding carboxylic acids is 3. The first-order valence-electron chi connectivity index (χ1n) is 17.1. The Hall–Kier alpha value is -3.43. The molecule has 0 radical (unpaired) electrons. The Balaban J connectivity index is 1.08. The van der Waals surface area contributed by atoms with Crippen molar-refractivity contribution >= 4 is 23.5 Å². The van der Waals surface area contributed by atoms with Crippen LogP contribution in [-0.2, 0) is 9.59 Å². The average Bonchev–Trinajstić information content (AvgIpc) is 3.07. The molecule has 0 saturated carbocycles. The smallest absolute Gasteiger partial charge is 0.319 e. The molecule has 0 bridgehead atoms. The predicted molar refractivity (Wildman–Crippen MR) is 182 cm³/mol. The van der Waals surface area contributed by atoms with Crippen molar-refractivity contribution in [1.29, 1.82) is 0 Å². The molecule has 2 N–H and O–H groups in total. The van der Waals surface area contributed by atoms with Crippen LogP contribution in [0.3, 0.4) is 0 Å². The summed E-state index contributed by atoms with van der Waals surface area (Å²) in [6.45, 7) is 11.9. The number of likely N-dealkylation sites (tertiary alicyclic amines) is 2. The van der Waals surface area contributed by atoms with E-state index >= 15 is 0 Å². The zero-order valence-electron chi connectivity index (χ0n) is 27.7. The quantitative estimate of drug-likeness (QED) is 0.286. The van der Waals surface area contributed by atoms with E-state index in [0.29, 0.717) is 12.3 Å². The Morgan fingerprint density at radius 1 is 0.844 bits per heavy atom. The molecule has 9 nitrogen and oxygen atoms in total. The van der Waals surface area contributed by atoms with Crippen molar-refractivity contribution in [2.45, 2.75) is 64.8 Å². The van der Waals surface area contributed by atoms with Gasteiger partial charge in [0.1, 0.15) is 0 Å². The molecule has 4 amide bonds. The molecule has 2 aromatic carbocycles. The van der Waals surface area contributed by atoms with E-state index in [1.165, 1.54) is 0 Å². The van der Waals surface area contributed by atoms with Crippen molar-refractivity contribution in [2.75, 3.05) is 71.3 Å². The van der Waals surface area contributed by atoms with E-state index in [9.17, 15) is 14.4 Å². The molecule has 0 aliphatic carbocycles. The van der Waals surface area contributed by atoms with Crippen molar-refractivity contribution in [2.24, 2.45) is 5.92 Å². The number of hydrogen-bond donors (Lipinski definition) is 2. The highest BCUT2D eigenvalue weighted by atomic mass is 16.2. The highest BCUT2D eigenvalue weighted by Crippen LogP contribution is 2.27. The van der Waals surface area contributed by atoms with Gasteiger partial charge in [-0.25, -0.2) is 4.79 Å². The van der Waals surface area contributed by atoms with Gasteiger partial charge in [0.2, 0.25) is 11.8 Å². The number of benzene rings is 2. The Labute approximate surface area is 270 Å². The fourth-order valence-electron chi connectivity index (χ4n) is 6.58. The molecule has 0 aromatic heterocycles. The fourth-order valence-corrected chi connectivity index (χ4v) is 6.58. The normalized spacial score (nSPS) is 17.9. The van der Waals surface area contributed by atoms with E-state index in [4.69, 9.17) is 0 Å². The Bertz CT molecular complexity index is 1210. The molecule has 9 heteroatoms. The van der Waals surface area contributed by atoms with Gasteiger partial charge in [0.25, 0.3) is 0 Å².